The SMILES string of the molecule is NCCc1cc(F)cc(OC/C=C/c2ccccc2)c1. The summed E-state index contributed by atoms with van der Waals surface area (Å²) in [6.45, 7) is 0.900. The molecule has 0 amide bonds. The van der Waals surface area contributed by atoms with E-state index in [0.717, 1.165) is 11.1 Å². The second kappa shape index (κ2) is 7.46. The molecule has 3 heteroatoms. The van der Waals surface area contributed by atoms with Crippen molar-refractivity contribution >= 4 is 6.08 Å². The zero-order valence-electron chi connectivity index (χ0n) is 11.3. The molecule has 0 heterocycles. The van der Waals surface area contributed by atoms with Crippen LogP contribution in [0.15, 0.2) is 54.6 Å². The molecule has 0 bridgehead atoms. The van der Waals surface area contributed by atoms with Crippen LogP contribution in [0, 0.1) is 5.82 Å². The van der Waals surface area contributed by atoms with E-state index in [0.29, 0.717) is 25.3 Å². The van der Waals surface area contributed by atoms with Gasteiger partial charge in [-0.2, -0.15) is 0 Å². The van der Waals surface area contributed by atoms with Gasteiger partial charge >= 0.3 is 0 Å². The third kappa shape index (κ3) is 4.52. The lowest BCUT2D eigenvalue weighted by atomic mass is 10.1. The lowest BCUT2D eigenvalue weighted by molar-refractivity contribution is 0.361. The zero-order chi connectivity index (χ0) is 14.2. The normalized spacial score (nSPS) is 10.9. The summed E-state index contributed by atoms with van der Waals surface area (Å²) < 4.78 is 18.9. The predicted octanol–water partition coefficient (Wildman–Crippen LogP) is 3.42. The van der Waals surface area contributed by atoms with Gasteiger partial charge in [-0.25, -0.2) is 4.39 Å². The van der Waals surface area contributed by atoms with Gasteiger partial charge in [-0.1, -0.05) is 36.4 Å². The molecule has 0 fully saturated rings. The van der Waals surface area contributed by atoms with Gasteiger partial charge in [-0.05, 0) is 42.3 Å². The van der Waals surface area contributed by atoms with Crippen molar-refractivity contribution in [2.24, 2.45) is 5.73 Å². The molecule has 0 saturated heterocycles. The first-order chi connectivity index (χ1) is 9.78. The topological polar surface area (TPSA) is 35.2 Å². The standard InChI is InChI=1S/C17H18FNO/c18-16-11-15(8-9-19)12-17(13-16)20-10-4-7-14-5-2-1-3-6-14/h1-7,11-13H,8-10,19H2/b7-4+. The molecule has 0 aliphatic heterocycles. The summed E-state index contributed by atoms with van der Waals surface area (Å²) in [4.78, 5) is 0. The summed E-state index contributed by atoms with van der Waals surface area (Å²) in [6, 6.07) is 14.6. The van der Waals surface area contributed by atoms with Gasteiger partial charge in [0, 0.05) is 6.07 Å². The predicted molar refractivity (Wildman–Crippen MR) is 80.1 cm³/mol. The second-order valence-electron chi connectivity index (χ2n) is 4.46. The molecule has 0 unspecified atom stereocenters. The Bertz CT molecular complexity index is 566. The van der Waals surface area contributed by atoms with E-state index >= 15 is 0 Å². The first kappa shape index (κ1) is 14.3. The van der Waals surface area contributed by atoms with Crippen molar-refractivity contribution < 1.29 is 9.13 Å². The van der Waals surface area contributed by atoms with Crippen LogP contribution in [0.4, 0.5) is 4.39 Å². The highest BCUT2D eigenvalue weighted by molar-refractivity contribution is 5.48. The third-order valence-corrected chi connectivity index (χ3v) is 2.82. The van der Waals surface area contributed by atoms with Crippen LogP contribution >= 0.6 is 0 Å². The molecule has 0 atom stereocenters. The Hall–Kier alpha value is -2.13. The van der Waals surface area contributed by atoms with E-state index in [1.54, 1.807) is 0 Å². The highest BCUT2D eigenvalue weighted by Gasteiger charge is 2.00. The van der Waals surface area contributed by atoms with Gasteiger partial charge in [0.05, 0.1) is 0 Å². The second-order valence-corrected chi connectivity index (χ2v) is 4.46. The molecule has 20 heavy (non-hydrogen) atoms. The highest BCUT2D eigenvalue weighted by atomic mass is 19.1. The maximum absolute atomic E-state index is 13.4. The Morgan fingerprint density at radius 3 is 2.65 bits per heavy atom. The van der Waals surface area contributed by atoms with Gasteiger partial charge < -0.3 is 10.5 Å². The van der Waals surface area contributed by atoms with Gasteiger partial charge in [0.25, 0.3) is 0 Å². The summed E-state index contributed by atoms with van der Waals surface area (Å²) in [5.74, 6) is 0.240. The molecule has 2 aromatic carbocycles. The Balaban J connectivity index is 1.92. The molecule has 2 nitrogen and oxygen atoms in total. The number of benzene rings is 2. The van der Waals surface area contributed by atoms with Crippen LogP contribution in [0.5, 0.6) is 5.75 Å². The summed E-state index contributed by atoms with van der Waals surface area (Å²) in [5.41, 5.74) is 7.44. The molecule has 104 valence electrons. The lowest BCUT2D eigenvalue weighted by Crippen LogP contribution is -2.03. The maximum atomic E-state index is 13.4. The molecule has 0 radical (unpaired) electrons. The molecule has 2 rings (SSSR count). The van der Waals surface area contributed by atoms with Crippen LogP contribution in [0.3, 0.4) is 0 Å². The molecule has 2 aromatic rings. The van der Waals surface area contributed by atoms with Crippen molar-refractivity contribution in [3.8, 4) is 5.75 Å². The van der Waals surface area contributed by atoms with Crippen molar-refractivity contribution in [2.75, 3.05) is 13.2 Å². The molecule has 0 aliphatic rings. The van der Waals surface area contributed by atoms with Crippen LogP contribution < -0.4 is 10.5 Å². The summed E-state index contributed by atoms with van der Waals surface area (Å²) in [6.07, 6.45) is 4.52. The summed E-state index contributed by atoms with van der Waals surface area (Å²) in [5, 5.41) is 0. The van der Waals surface area contributed by atoms with Crippen LogP contribution in [-0.4, -0.2) is 13.2 Å². The third-order valence-electron chi connectivity index (χ3n) is 2.82. The minimum absolute atomic E-state index is 0.294. The molecule has 2 N–H and O–H groups in total. The van der Waals surface area contributed by atoms with Crippen molar-refractivity contribution in [1.82, 2.24) is 0 Å². The van der Waals surface area contributed by atoms with Gasteiger partial charge in [-0.15, -0.1) is 0 Å². The van der Waals surface area contributed by atoms with E-state index in [-0.39, 0.29) is 5.82 Å². The number of nitrogens with two attached hydrogens (primary N) is 1. The average molecular weight is 271 g/mol. The number of hydrogen-bond donors (Lipinski definition) is 1. The number of rotatable bonds is 6. The van der Waals surface area contributed by atoms with E-state index < -0.39 is 0 Å². The zero-order valence-corrected chi connectivity index (χ0v) is 11.3. The fourth-order valence-electron chi connectivity index (χ4n) is 1.91. The van der Waals surface area contributed by atoms with Gasteiger partial charge in [0.15, 0.2) is 0 Å². The highest BCUT2D eigenvalue weighted by Crippen LogP contribution is 2.17. The van der Waals surface area contributed by atoms with E-state index in [1.807, 2.05) is 48.6 Å². The Morgan fingerprint density at radius 2 is 1.90 bits per heavy atom. The fraction of sp³-hybridized carbons (Fsp3) is 0.176. The first-order valence-electron chi connectivity index (χ1n) is 6.62. The van der Waals surface area contributed by atoms with Gasteiger partial charge in [0.2, 0.25) is 0 Å². The van der Waals surface area contributed by atoms with Crippen LogP contribution in [0.1, 0.15) is 11.1 Å². The van der Waals surface area contributed by atoms with E-state index in [9.17, 15) is 4.39 Å². The van der Waals surface area contributed by atoms with Gasteiger partial charge in [-0.3, -0.25) is 0 Å². The lowest BCUT2D eigenvalue weighted by Gasteiger charge is -2.06. The molecule has 0 spiro atoms. The Kier molecular flexibility index (Phi) is 5.33. The summed E-state index contributed by atoms with van der Waals surface area (Å²) in [7, 11) is 0. The average Bonchev–Trinajstić information content (AvgIpc) is 2.45. The maximum Gasteiger partial charge on any atom is 0.127 e. The molecule has 0 saturated carbocycles. The minimum atomic E-state index is -0.294. The van der Waals surface area contributed by atoms with Gasteiger partial charge in [0.1, 0.15) is 18.2 Å². The number of ether oxygens (including phenoxy) is 1. The van der Waals surface area contributed by atoms with Crippen LogP contribution in [0.25, 0.3) is 6.08 Å². The molecular formula is C17H18FNO. The Labute approximate surface area is 118 Å². The van der Waals surface area contributed by atoms with E-state index in [4.69, 9.17) is 10.5 Å². The molecule has 0 aromatic heterocycles. The van der Waals surface area contributed by atoms with E-state index in [1.165, 1.54) is 12.1 Å². The van der Waals surface area contributed by atoms with E-state index in [2.05, 4.69) is 0 Å². The number of halogens is 1. The first-order valence-corrected chi connectivity index (χ1v) is 6.62. The Morgan fingerprint density at radius 1 is 1.10 bits per heavy atom. The van der Waals surface area contributed by atoms with Crippen LogP contribution in [0.2, 0.25) is 0 Å². The molecular weight excluding hydrogens is 253 g/mol. The van der Waals surface area contributed by atoms with Crippen molar-refractivity contribution in [3.63, 3.8) is 0 Å². The largest absolute Gasteiger partial charge is 0.489 e. The van der Waals surface area contributed by atoms with Crippen LogP contribution in [-0.2, 0) is 6.42 Å². The quantitative estimate of drug-likeness (QED) is 0.873. The minimum Gasteiger partial charge on any atom is -0.489 e. The van der Waals surface area contributed by atoms with Crippen molar-refractivity contribution in [1.29, 1.82) is 0 Å². The van der Waals surface area contributed by atoms with Crippen molar-refractivity contribution in [3.05, 3.63) is 71.6 Å². The monoisotopic (exact) mass is 271 g/mol. The smallest absolute Gasteiger partial charge is 0.127 e. The number of hydrogen-bond acceptors (Lipinski definition) is 2. The van der Waals surface area contributed by atoms with Crippen molar-refractivity contribution in [2.45, 2.75) is 6.42 Å². The fourth-order valence-corrected chi connectivity index (χ4v) is 1.91. The molecule has 0 aliphatic carbocycles. The summed E-state index contributed by atoms with van der Waals surface area (Å²) >= 11 is 0.